The summed E-state index contributed by atoms with van der Waals surface area (Å²) in [6, 6.07) is 14.0. The van der Waals surface area contributed by atoms with Crippen LogP contribution in [-0.2, 0) is 19.1 Å². The van der Waals surface area contributed by atoms with Gasteiger partial charge in [-0.15, -0.1) is 0 Å². The van der Waals surface area contributed by atoms with Crippen LogP contribution < -0.4 is 4.90 Å². The van der Waals surface area contributed by atoms with Crippen molar-refractivity contribution in [3.05, 3.63) is 65.7 Å². The minimum absolute atomic E-state index is 0.228. The molecule has 138 valence electrons. The van der Waals surface area contributed by atoms with Crippen LogP contribution in [0.1, 0.15) is 30.9 Å². The predicted octanol–water partition coefficient (Wildman–Crippen LogP) is 3.50. The summed E-state index contributed by atoms with van der Waals surface area (Å²) in [5.41, 5.74) is 2.83. The summed E-state index contributed by atoms with van der Waals surface area (Å²) in [7, 11) is 0. The van der Waals surface area contributed by atoms with E-state index < -0.39 is 17.9 Å². The molecule has 27 heavy (non-hydrogen) atoms. The van der Waals surface area contributed by atoms with E-state index in [-0.39, 0.29) is 18.1 Å². The first-order valence-corrected chi connectivity index (χ1v) is 8.59. The van der Waals surface area contributed by atoms with Crippen LogP contribution in [0.15, 0.2) is 54.6 Å². The number of carboxylic acids is 1. The smallest absolute Gasteiger partial charge is 0.331 e. The number of carbonyl (C=O) groups excluding carboxylic acids is 2. The van der Waals surface area contributed by atoms with Gasteiger partial charge in [0.1, 0.15) is 0 Å². The molecule has 6 heteroatoms. The highest BCUT2D eigenvalue weighted by Crippen LogP contribution is 2.41. The van der Waals surface area contributed by atoms with E-state index in [9.17, 15) is 14.4 Å². The number of aliphatic carboxylic acids is 1. The summed E-state index contributed by atoms with van der Waals surface area (Å²) in [5, 5.41) is 9.14. The second kappa shape index (κ2) is 7.45. The molecule has 1 aliphatic rings. The Hall–Kier alpha value is -3.41. The van der Waals surface area contributed by atoms with Crippen LogP contribution in [0.4, 0.5) is 11.4 Å². The Morgan fingerprint density at radius 2 is 1.81 bits per heavy atom. The minimum Gasteiger partial charge on any atom is -0.481 e. The number of rotatable bonds is 5. The number of esters is 1. The molecule has 0 fully saturated rings. The lowest BCUT2D eigenvalue weighted by Crippen LogP contribution is -2.21. The first-order chi connectivity index (χ1) is 12.9. The Balaban J connectivity index is 2.00. The van der Waals surface area contributed by atoms with Crippen molar-refractivity contribution >= 4 is 34.8 Å². The number of hydrogen-bond acceptors (Lipinski definition) is 4. The van der Waals surface area contributed by atoms with Crippen LogP contribution >= 0.6 is 0 Å². The lowest BCUT2D eigenvalue weighted by atomic mass is 10.0. The van der Waals surface area contributed by atoms with Crippen molar-refractivity contribution in [3.63, 3.8) is 0 Å². The fourth-order valence-corrected chi connectivity index (χ4v) is 2.99. The molecule has 1 unspecified atom stereocenters. The first-order valence-electron chi connectivity index (χ1n) is 8.59. The third-order valence-electron chi connectivity index (χ3n) is 4.44. The maximum absolute atomic E-state index is 13.0. The van der Waals surface area contributed by atoms with E-state index in [2.05, 4.69) is 0 Å². The summed E-state index contributed by atoms with van der Waals surface area (Å²) >= 11 is 0. The van der Waals surface area contributed by atoms with Crippen LogP contribution in [0.3, 0.4) is 0 Å². The molecule has 1 heterocycles. The summed E-state index contributed by atoms with van der Waals surface area (Å²) in [5.74, 6) is -2.45. The van der Waals surface area contributed by atoms with Gasteiger partial charge < -0.3 is 9.84 Å². The van der Waals surface area contributed by atoms with E-state index in [0.717, 1.165) is 0 Å². The van der Waals surface area contributed by atoms with Gasteiger partial charge >= 0.3 is 11.9 Å². The zero-order chi connectivity index (χ0) is 19.6. The van der Waals surface area contributed by atoms with Crippen LogP contribution in [0, 0.1) is 0 Å². The number of fused-ring (bicyclic) bond motifs is 1. The van der Waals surface area contributed by atoms with Crippen molar-refractivity contribution in [2.45, 2.75) is 19.8 Å². The number of carboxylic acid groups (broad SMARTS) is 1. The Morgan fingerprint density at radius 3 is 2.44 bits per heavy atom. The van der Waals surface area contributed by atoms with Gasteiger partial charge in [-0.25, -0.2) is 4.79 Å². The molecule has 1 atom stereocenters. The molecule has 0 aliphatic carbocycles. The summed E-state index contributed by atoms with van der Waals surface area (Å²) in [4.78, 5) is 37.5. The molecule has 6 nitrogen and oxygen atoms in total. The second-order valence-electron chi connectivity index (χ2n) is 6.12. The Bertz CT molecular complexity index is 930. The van der Waals surface area contributed by atoms with Gasteiger partial charge in [-0.3, -0.25) is 14.5 Å². The number of ether oxygens (including phenoxy) is 1. The average Bonchev–Trinajstić information content (AvgIpc) is 2.93. The standard InChI is InChI=1S/C21H19NO5/c1-3-27-19(23)12-17-16-6-4-5-7-18(16)22(20(17)24)15-10-8-14(9-11-15)13(2)21(25)26/h4-13H,3H2,1-2H3,(H,25,26)/b17-12+. The Labute approximate surface area is 156 Å². The molecule has 1 amide bonds. The molecule has 2 aromatic rings. The fraction of sp³-hybridized carbons (Fsp3) is 0.190. The number of amides is 1. The van der Waals surface area contributed by atoms with E-state index in [1.807, 2.05) is 6.07 Å². The Morgan fingerprint density at radius 1 is 1.15 bits per heavy atom. The van der Waals surface area contributed by atoms with Crippen LogP contribution in [-0.4, -0.2) is 29.6 Å². The van der Waals surface area contributed by atoms with Crippen molar-refractivity contribution in [3.8, 4) is 0 Å². The number of benzene rings is 2. The van der Waals surface area contributed by atoms with E-state index in [0.29, 0.717) is 22.5 Å². The zero-order valence-corrected chi connectivity index (χ0v) is 15.0. The molecule has 0 bridgehead atoms. The number of hydrogen-bond donors (Lipinski definition) is 1. The van der Waals surface area contributed by atoms with E-state index >= 15 is 0 Å². The highest BCUT2D eigenvalue weighted by Gasteiger charge is 2.34. The number of anilines is 2. The second-order valence-corrected chi connectivity index (χ2v) is 6.12. The van der Waals surface area contributed by atoms with Gasteiger partial charge in [-0.05, 0) is 37.6 Å². The summed E-state index contributed by atoms with van der Waals surface area (Å²) in [6.45, 7) is 3.53. The van der Waals surface area contributed by atoms with Crippen LogP contribution in [0.2, 0.25) is 0 Å². The van der Waals surface area contributed by atoms with Crippen molar-refractivity contribution in [1.82, 2.24) is 0 Å². The molecule has 0 radical (unpaired) electrons. The van der Waals surface area contributed by atoms with Crippen molar-refractivity contribution in [2.75, 3.05) is 11.5 Å². The zero-order valence-electron chi connectivity index (χ0n) is 15.0. The molecule has 2 aromatic carbocycles. The summed E-state index contributed by atoms with van der Waals surface area (Å²) in [6.07, 6.45) is 1.21. The van der Waals surface area contributed by atoms with Crippen molar-refractivity contribution in [2.24, 2.45) is 0 Å². The SMILES string of the molecule is CCOC(=O)/C=C1/C(=O)N(c2ccc(C(C)C(=O)O)cc2)c2ccccc21. The molecule has 0 saturated carbocycles. The van der Waals surface area contributed by atoms with Crippen molar-refractivity contribution in [1.29, 1.82) is 0 Å². The molecule has 3 rings (SSSR count). The first kappa shape index (κ1) is 18.4. The lowest BCUT2D eigenvalue weighted by molar-refractivity contribution is -0.138. The fourth-order valence-electron chi connectivity index (χ4n) is 2.99. The van der Waals surface area contributed by atoms with Gasteiger partial charge in [-0.1, -0.05) is 30.3 Å². The summed E-state index contributed by atoms with van der Waals surface area (Å²) < 4.78 is 4.93. The normalized spacial score (nSPS) is 15.6. The highest BCUT2D eigenvalue weighted by atomic mass is 16.5. The molecule has 1 aliphatic heterocycles. The number of carbonyl (C=O) groups is 3. The largest absolute Gasteiger partial charge is 0.481 e. The lowest BCUT2D eigenvalue weighted by Gasteiger charge is -2.18. The monoisotopic (exact) mass is 365 g/mol. The van der Waals surface area contributed by atoms with Gasteiger partial charge in [-0.2, -0.15) is 0 Å². The molecule has 0 saturated heterocycles. The van der Waals surface area contributed by atoms with Crippen molar-refractivity contribution < 1.29 is 24.2 Å². The molecule has 0 spiro atoms. The van der Waals surface area contributed by atoms with E-state index in [1.165, 1.54) is 11.0 Å². The van der Waals surface area contributed by atoms with Gasteiger partial charge in [0, 0.05) is 17.3 Å². The van der Waals surface area contributed by atoms with Crippen LogP contribution in [0.25, 0.3) is 5.57 Å². The van der Waals surface area contributed by atoms with E-state index in [4.69, 9.17) is 9.84 Å². The minimum atomic E-state index is -0.912. The topological polar surface area (TPSA) is 83.9 Å². The third-order valence-corrected chi connectivity index (χ3v) is 4.44. The van der Waals surface area contributed by atoms with Gasteiger partial charge in [0.15, 0.2) is 0 Å². The molecule has 0 aromatic heterocycles. The van der Waals surface area contributed by atoms with Gasteiger partial charge in [0.2, 0.25) is 0 Å². The third kappa shape index (κ3) is 3.46. The Kier molecular flexibility index (Phi) is 5.07. The number of nitrogens with zero attached hydrogens (tertiary/aromatic N) is 1. The average molecular weight is 365 g/mol. The highest BCUT2D eigenvalue weighted by molar-refractivity contribution is 6.36. The quantitative estimate of drug-likeness (QED) is 0.648. The van der Waals surface area contributed by atoms with Gasteiger partial charge in [0.05, 0.1) is 23.8 Å². The van der Waals surface area contributed by atoms with Gasteiger partial charge in [0.25, 0.3) is 5.91 Å². The van der Waals surface area contributed by atoms with Crippen LogP contribution in [0.5, 0.6) is 0 Å². The molecular weight excluding hydrogens is 346 g/mol. The molecular formula is C21H19NO5. The van der Waals surface area contributed by atoms with E-state index in [1.54, 1.807) is 56.3 Å². The maximum Gasteiger partial charge on any atom is 0.331 e. The molecule has 1 N–H and O–H groups in total. The number of para-hydroxylation sites is 1. The maximum atomic E-state index is 13.0. The predicted molar refractivity (Wildman–Crippen MR) is 101 cm³/mol.